The zero-order valence-electron chi connectivity index (χ0n) is 4.28. The molecule has 1 fully saturated rings. The van der Waals surface area contributed by atoms with Crippen LogP contribution >= 0.6 is 0 Å². The molecule has 1 heterocycles. The van der Waals surface area contributed by atoms with Gasteiger partial charge >= 0.3 is 0 Å². The SMILES string of the molecule is NN1CNC(O)N1N. The summed E-state index contributed by atoms with van der Waals surface area (Å²) in [6.07, 6.45) is -0.847. The minimum absolute atomic E-state index is 0.373. The Labute approximate surface area is 46.6 Å². The van der Waals surface area contributed by atoms with Gasteiger partial charge in [-0.3, -0.25) is 11.2 Å². The Morgan fingerprint density at radius 1 is 1.62 bits per heavy atom. The van der Waals surface area contributed by atoms with Crippen LogP contribution in [0.2, 0.25) is 0 Å². The van der Waals surface area contributed by atoms with Crippen LogP contribution < -0.4 is 17.0 Å². The third-order valence-electron chi connectivity index (χ3n) is 0.983. The van der Waals surface area contributed by atoms with Gasteiger partial charge in [-0.1, -0.05) is 0 Å². The molecule has 0 aromatic rings. The van der Waals surface area contributed by atoms with Crippen molar-refractivity contribution in [3.05, 3.63) is 0 Å². The molecule has 1 aliphatic rings. The van der Waals surface area contributed by atoms with Crippen molar-refractivity contribution in [3.63, 3.8) is 0 Å². The summed E-state index contributed by atoms with van der Waals surface area (Å²) in [5, 5.41) is 13.5. The summed E-state index contributed by atoms with van der Waals surface area (Å²) in [5.74, 6) is 10.3. The fourth-order valence-electron chi connectivity index (χ4n) is 0.491. The number of hydrazine groups is 3. The minimum atomic E-state index is -0.847. The summed E-state index contributed by atoms with van der Waals surface area (Å²) in [7, 11) is 0. The highest BCUT2D eigenvalue weighted by Gasteiger charge is 2.23. The summed E-state index contributed by atoms with van der Waals surface area (Å²) in [4.78, 5) is 0. The number of nitrogens with two attached hydrogens (primary N) is 2. The lowest BCUT2D eigenvalue weighted by molar-refractivity contribution is -0.0904. The number of hydrogen-bond acceptors (Lipinski definition) is 6. The third kappa shape index (κ3) is 0.802. The second-order valence-corrected chi connectivity index (χ2v) is 1.56. The van der Waals surface area contributed by atoms with Crippen LogP contribution in [0.15, 0.2) is 0 Å². The van der Waals surface area contributed by atoms with E-state index in [1.165, 1.54) is 5.12 Å². The summed E-state index contributed by atoms with van der Waals surface area (Å²) in [6, 6.07) is 0. The number of hydrogen-bond donors (Lipinski definition) is 4. The summed E-state index contributed by atoms with van der Waals surface area (Å²) < 4.78 is 0. The van der Waals surface area contributed by atoms with Gasteiger partial charge in [-0.05, 0) is 0 Å². The molecule has 1 atom stereocenters. The van der Waals surface area contributed by atoms with Crippen LogP contribution in [0.25, 0.3) is 0 Å². The maximum Gasteiger partial charge on any atom is 0.192 e. The van der Waals surface area contributed by atoms with Crippen molar-refractivity contribution in [2.24, 2.45) is 11.7 Å². The van der Waals surface area contributed by atoms with Gasteiger partial charge in [0, 0.05) is 0 Å². The fourth-order valence-corrected chi connectivity index (χ4v) is 0.491. The van der Waals surface area contributed by atoms with Crippen molar-refractivity contribution < 1.29 is 5.11 Å². The number of rotatable bonds is 0. The lowest BCUT2D eigenvalue weighted by Crippen LogP contribution is -2.50. The Balaban J connectivity index is 2.44. The van der Waals surface area contributed by atoms with Gasteiger partial charge < -0.3 is 5.11 Å². The van der Waals surface area contributed by atoms with E-state index in [0.717, 1.165) is 5.12 Å². The van der Waals surface area contributed by atoms with E-state index < -0.39 is 6.35 Å². The molecule has 0 aromatic heterocycles. The molecule has 1 unspecified atom stereocenters. The monoisotopic (exact) mass is 119 g/mol. The maximum absolute atomic E-state index is 8.74. The molecule has 1 saturated heterocycles. The van der Waals surface area contributed by atoms with Crippen LogP contribution in [0.3, 0.4) is 0 Å². The van der Waals surface area contributed by atoms with Gasteiger partial charge in [0.05, 0.1) is 6.67 Å². The topological polar surface area (TPSA) is 90.8 Å². The van der Waals surface area contributed by atoms with Crippen molar-refractivity contribution in [2.75, 3.05) is 6.67 Å². The maximum atomic E-state index is 8.74. The van der Waals surface area contributed by atoms with Crippen LogP contribution in [0, 0.1) is 0 Å². The van der Waals surface area contributed by atoms with E-state index in [4.69, 9.17) is 16.8 Å². The molecule has 0 aliphatic carbocycles. The molecule has 1 rings (SSSR count). The number of aliphatic hydroxyl groups is 1. The Morgan fingerprint density at radius 3 is 2.38 bits per heavy atom. The lowest BCUT2D eigenvalue weighted by atomic mass is 11.0. The van der Waals surface area contributed by atoms with Crippen LogP contribution in [-0.4, -0.2) is 28.4 Å². The fraction of sp³-hybridized carbons (Fsp3) is 1.00. The molecule has 6 N–H and O–H groups in total. The van der Waals surface area contributed by atoms with Crippen molar-refractivity contribution in [1.29, 1.82) is 0 Å². The molecule has 6 nitrogen and oxygen atoms in total. The Kier molecular flexibility index (Phi) is 1.43. The molecule has 0 aromatic carbocycles. The molecule has 0 bridgehead atoms. The predicted octanol–water partition coefficient (Wildman–Crippen LogP) is -2.91. The quantitative estimate of drug-likeness (QED) is 0.255. The zero-order valence-corrected chi connectivity index (χ0v) is 4.28. The number of nitrogens with one attached hydrogen (secondary N) is 1. The Hall–Kier alpha value is -0.240. The highest BCUT2D eigenvalue weighted by Crippen LogP contribution is 1.93. The molecule has 1 aliphatic heterocycles. The smallest absolute Gasteiger partial charge is 0.192 e. The molecule has 0 radical (unpaired) electrons. The molecular formula is C2H9N5O. The van der Waals surface area contributed by atoms with E-state index >= 15 is 0 Å². The average molecular weight is 119 g/mol. The predicted molar refractivity (Wildman–Crippen MR) is 26.1 cm³/mol. The van der Waals surface area contributed by atoms with E-state index in [9.17, 15) is 0 Å². The van der Waals surface area contributed by atoms with Gasteiger partial charge in [0.2, 0.25) is 0 Å². The minimum Gasteiger partial charge on any atom is -0.363 e. The number of nitrogens with zero attached hydrogens (tertiary/aromatic N) is 2. The normalized spacial score (nSPS) is 34.1. The zero-order chi connectivity index (χ0) is 6.15. The first-order valence-electron chi connectivity index (χ1n) is 2.19. The van der Waals surface area contributed by atoms with Crippen molar-refractivity contribution in [2.45, 2.75) is 6.35 Å². The summed E-state index contributed by atoms with van der Waals surface area (Å²) >= 11 is 0. The van der Waals surface area contributed by atoms with E-state index in [1.807, 2.05) is 0 Å². The molecular weight excluding hydrogens is 110 g/mol. The molecule has 8 heavy (non-hydrogen) atoms. The van der Waals surface area contributed by atoms with E-state index in [0.29, 0.717) is 6.67 Å². The molecule has 6 heteroatoms. The molecule has 0 spiro atoms. The molecule has 0 amide bonds. The van der Waals surface area contributed by atoms with Crippen LogP contribution in [-0.2, 0) is 0 Å². The summed E-state index contributed by atoms with van der Waals surface area (Å²) in [5.41, 5.74) is 0. The first-order valence-corrected chi connectivity index (χ1v) is 2.19. The van der Waals surface area contributed by atoms with Gasteiger partial charge in [-0.25, -0.2) is 5.84 Å². The summed E-state index contributed by atoms with van der Waals surface area (Å²) in [6.45, 7) is 0.373. The van der Waals surface area contributed by atoms with E-state index in [1.54, 1.807) is 0 Å². The number of aliphatic hydroxyl groups excluding tert-OH is 1. The molecule has 0 saturated carbocycles. The lowest BCUT2D eigenvalue weighted by Gasteiger charge is -2.17. The standard InChI is InChI=1S/C2H9N5O/c3-6-1-5-2(8)7(6)4/h2,5,8H,1,3-4H2. The first kappa shape index (κ1) is 5.89. The van der Waals surface area contributed by atoms with Crippen LogP contribution in [0.4, 0.5) is 0 Å². The molecule has 48 valence electrons. The van der Waals surface area contributed by atoms with Crippen LogP contribution in [0.5, 0.6) is 0 Å². The second kappa shape index (κ2) is 1.94. The highest BCUT2D eigenvalue weighted by molar-refractivity contribution is 4.54. The largest absolute Gasteiger partial charge is 0.363 e. The van der Waals surface area contributed by atoms with Crippen LogP contribution in [0.1, 0.15) is 0 Å². The van der Waals surface area contributed by atoms with Gasteiger partial charge in [0.1, 0.15) is 0 Å². The van der Waals surface area contributed by atoms with Crippen molar-refractivity contribution >= 4 is 0 Å². The van der Waals surface area contributed by atoms with Crippen molar-refractivity contribution in [1.82, 2.24) is 15.6 Å². The van der Waals surface area contributed by atoms with E-state index in [-0.39, 0.29) is 0 Å². The van der Waals surface area contributed by atoms with Gasteiger partial charge in [0.15, 0.2) is 6.35 Å². The van der Waals surface area contributed by atoms with Gasteiger partial charge in [0.25, 0.3) is 0 Å². The highest BCUT2D eigenvalue weighted by atomic mass is 16.3. The van der Waals surface area contributed by atoms with Gasteiger partial charge in [-0.2, -0.15) is 0 Å². The Bertz CT molecular complexity index is 76.5. The third-order valence-corrected chi connectivity index (χ3v) is 0.983. The van der Waals surface area contributed by atoms with E-state index in [2.05, 4.69) is 5.32 Å². The first-order chi connectivity index (χ1) is 3.72. The van der Waals surface area contributed by atoms with Gasteiger partial charge in [-0.15, -0.1) is 10.2 Å². The average Bonchev–Trinajstić information content (AvgIpc) is 1.98. The Morgan fingerprint density at radius 2 is 2.25 bits per heavy atom. The second-order valence-electron chi connectivity index (χ2n) is 1.56. The van der Waals surface area contributed by atoms with Crippen molar-refractivity contribution in [3.8, 4) is 0 Å².